The summed E-state index contributed by atoms with van der Waals surface area (Å²) in [5.41, 5.74) is 1.40. The Bertz CT molecular complexity index is 946. The molecule has 3 aromatic rings. The fraction of sp³-hybridized carbons (Fsp3) is 0.294. The molecule has 0 saturated heterocycles. The topological polar surface area (TPSA) is 103 Å². The van der Waals surface area contributed by atoms with E-state index in [1.807, 2.05) is 6.07 Å². The zero-order valence-corrected chi connectivity index (χ0v) is 15.7. The minimum absolute atomic E-state index is 0.0540. The lowest BCUT2D eigenvalue weighted by Crippen LogP contribution is -2.32. The van der Waals surface area contributed by atoms with Crippen LogP contribution >= 0.6 is 11.6 Å². The summed E-state index contributed by atoms with van der Waals surface area (Å²) in [6.07, 6.45) is 2.96. The maximum absolute atomic E-state index is 12.2. The van der Waals surface area contributed by atoms with Gasteiger partial charge in [-0.1, -0.05) is 11.6 Å². The molecule has 0 radical (unpaired) electrons. The number of nitrogens with zero attached hydrogens (tertiary/aromatic N) is 4. The molecule has 10 heteroatoms. The molecule has 0 aliphatic carbocycles. The molecule has 2 aromatic heterocycles. The summed E-state index contributed by atoms with van der Waals surface area (Å²) in [6, 6.07) is 5.39. The van der Waals surface area contributed by atoms with Crippen molar-refractivity contribution in [2.75, 3.05) is 32.6 Å². The highest BCUT2D eigenvalue weighted by Gasteiger charge is 2.12. The minimum atomic E-state index is -0.173. The number of benzene rings is 1. The van der Waals surface area contributed by atoms with E-state index in [1.165, 1.54) is 18.1 Å². The number of methoxy groups -OCH3 is 2. The fourth-order valence-electron chi connectivity index (χ4n) is 2.52. The quantitative estimate of drug-likeness (QED) is 0.564. The third kappa shape index (κ3) is 4.37. The smallest absolute Gasteiger partial charge is 0.241 e. The van der Waals surface area contributed by atoms with Crippen LogP contribution in [0.1, 0.15) is 0 Å². The Hall–Kier alpha value is -3.07. The second-order valence-electron chi connectivity index (χ2n) is 5.55. The Morgan fingerprint density at radius 2 is 2.07 bits per heavy atom. The van der Waals surface area contributed by atoms with Gasteiger partial charge < -0.3 is 20.1 Å². The van der Waals surface area contributed by atoms with E-state index in [2.05, 4.69) is 25.7 Å². The first kappa shape index (κ1) is 18.7. The van der Waals surface area contributed by atoms with Crippen LogP contribution in [-0.2, 0) is 11.3 Å². The van der Waals surface area contributed by atoms with Crippen molar-refractivity contribution in [2.24, 2.45) is 0 Å². The van der Waals surface area contributed by atoms with Crippen LogP contribution in [-0.4, -0.2) is 53.0 Å². The highest BCUT2D eigenvalue weighted by molar-refractivity contribution is 6.32. The van der Waals surface area contributed by atoms with E-state index in [4.69, 9.17) is 21.1 Å². The van der Waals surface area contributed by atoms with E-state index in [-0.39, 0.29) is 12.5 Å². The summed E-state index contributed by atoms with van der Waals surface area (Å²) >= 11 is 5.99. The van der Waals surface area contributed by atoms with E-state index in [0.29, 0.717) is 40.8 Å². The molecule has 0 fully saturated rings. The molecule has 0 aliphatic heterocycles. The zero-order valence-electron chi connectivity index (χ0n) is 14.9. The van der Waals surface area contributed by atoms with Crippen molar-refractivity contribution in [1.82, 2.24) is 25.1 Å². The molecule has 0 unspecified atom stereocenters. The summed E-state index contributed by atoms with van der Waals surface area (Å²) in [4.78, 5) is 20.3. The lowest BCUT2D eigenvalue weighted by atomic mass is 10.3. The number of rotatable bonds is 8. The highest BCUT2D eigenvalue weighted by Crippen LogP contribution is 2.27. The molecular formula is C17H19ClN6O3. The van der Waals surface area contributed by atoms with Gasteiger partial charge >= 0.3 is 0 Å². The van der Waals surface area contributed by atoms with Gasteiger partial charge in [0.15, 0.2) is 5.65 Å². The highest BCUT2D eigenvalue weighted by atomic mass is 35.5. The molecule has 2 heterocycles. The summed E-state index contributed by atoms with van der Waals surface area (Å²) in [7, 11) is 3.08. The second kappa shape index (κ2) is 8.54. The van der Waals surface area contributed by atoms with Crippen molar-refractivity contribution in [2.45, 2.75) is 6.54 Å². The number of anilines is 1. The Kier molecular flexibility index (Phi) is 5.92. The van der Waals surface area contributed by atoms with E-state index in [1.54, 1.807) is 25.4 Å². The first-order valence-corrected chi connectivity index (χ1v) is 8.54. The number of carbonyl (C=O) groups is 1. The normalized spacial score (nSPS) is 10.6. The first-order chi connectivity index (χ1) is 13.1. The van der Waals surface area contributed by atoms with Crippen LogP contribution in [0.2, 0.25) is 5.02 Å². The summed E-state index contributed by atoms with van der Waals surface area (Å²) in [5.74, 6) is 0.844. The summed E-state index contributed by atoms with van der Waals surface area (Å²) in [6.45, 7) is 1.05. The third-order valence-corrected chi connectivity index (χ3v) is 4.12. The van der Waals surface area contributed by atoms with Crippen LogP contribution < -0.4 is 20.1 Å². The van der Waals surface area contributed by atoms with Gasteiger partial charge in [-0.05, 0) is 12.1 Å². The number of aromatic nitrogens is 4. The fourth-order valence-corrected chi connectivity index (χ4v) is 2.71. The van der Waals surface area contributed by atoms with Crippen LogP contribution in [0.5, 0.6) is 11.6 Å². The number of nitrogens with one attached hydrogen (secondary N) is 2. The van der Waals surface area contributed by atoms with Crippen molar-refractivity contribution in [3.05, 3.63) is 35.7 Å². The SMILES string of the molecule is COc1cc(NCCNC(=O)Cn2ncc3c(OC)ncnc32)ccc1Cl. The molecule has 0 bridgehead atoms. The number of fused-ring (bicyclic) bond motifs is 1. The molecule has 0 spiro atoms. The van der Waals surface area contributed by atoms with Gasteiger partial charge in [0.1, 0.15) is 24.0 Å². The second-order valence-corrected chi connectivity index (χ2v) is 5.96. The maximum atomic E-state index is 12.2. The molecule has 27 heavy (non-hydrogen) atoms. The molecular weight excluding hydrogens is 372 g/mol. The molecule has 142 valence electrons. The van der Waals surface area contributed by atoms with Crippen LogP contribution in [0.4, 0.5) is 5.69 Å². The first-order valence-electron chi connectivity index (χ1n) is 8.17. The molecule has 9 nitrogen and oxygen atoms in total. The lowest BCUT2D eigenvalue weighted by Gasteiger charge is -2.10. The van der Waals surface area contributed by atoms with Crippen LogP contribution in [0.25, 0.3) is 11.0 Å². The van der Waals surface area contributed by atoms with E-state index in [9.17, 15) is 4.79 Å². The standard InChI is InChI=1S/C17H19ClN6O3/c1-26-14-7-11(3-4-13(14)18)19-5-6-20-15(25)9-24-16-12(8-23-24)17(27-2)22-10-21-16/h3-4,7-8,10,19H,5-6,9H2,1-2H3,(H,20,25). The van der Waals surface area contributed by atoms with E-state index >= 15 is 0 Å². The van der Waals surface area contributed by atoms with Crippen molar-refractivity contribution in [3.63, 3.8) is 0 Å². The number of halogens is 1. The minimum Gasteiger partial charge on any atom is -0.495 e. The Labute approximate surface area is 160 Å². The Morgan fingerprint density at radius 3 is 2.85 bits per heavy atom. The largest absolute Gasteiger partial charge is 0.495 e. The zero-order chi connectivity index (χ0) is 19.2. The van der Waals surface area contributed by atoms with Crippen molar-refractivity contribution in [3.8, 4) is 11.6 Å². The van der Waals surface area contributed by atoms with Crippen molar-refractivity contribution < 1.29 is 14.3 Å². The third-order valence-electron chi connectivity index (χ3n) is 3.81. The molecule has 1 amide bonds. The summed E-state index contributed by atoms with van der Waals surface area (Å²) in [5, 5.41) is 11.4. The van der Waals surface area contributed by atoms with Crippen LogP contribution in [0.15, 0.2) is 30.7 Å². The van der Waals surface area contributed by atoms with Gasteiger partial charge in [-0.15, -0.1) is 0 Å². The molecule has 0 saturated carbocycles. The number of hydrogen-bond donors (Lipinski definition) is 2. The van der Waals surface area contributed by atoms with Gasteiger partial charge in [0.25, 0.3) is 0 Å². The van der Waals surface area contributed by atoms with Gasteiger partial charge in [0.05, 0.1) is 25.4 Å². The monoisotopic (exact) mass is 390 g/mol. The number of hydrogen-bond acceptors (Lipinski definition) is 7. The number of ether oxygens (including phenoxy) is 2. The lowest BCUT2D eigenvalue weighted by molar-refractivity contribution is -0.121. The summed E-state index contributed by atoms with van der Waals surface area (Å²) < 4.78 is 11.8. The Balaban J connectivity index is 1.50. The maximum Gasteiger partial charge on any atom is 0.241 e. The average molecular weight is 391 g/mol. The molecule has 1 aromatic carbocycles. The molecule has 0 atom stereocenters. The van der Waals surface area contributed by atoms with E-state index < -0.39 is 0 Å². The Morgan fingerprint density at radius 1 is 1.22 bits per heavy atom. The molecule has 2 N–H and O–H groups in total. The van der Waals surface area contributed by atoms with Gasteiger partial charge in [-0.2, -0.15) is 5.10 Å². The van der Waals surface area contributed by atoms with Gasteiger partial charge in [0, 0.05) is 24.8 Å². The predicted octanol–water partition coefficient (Wildman–Crippen LogP) is 1.73. The van der Waals surface area contributed by atoms with Crippen molar-refractivity contribution in [1.29, 1.82) is 0 Å². The number of carbonyl (C=O) groups excluding carboxylic acids is 1. The predicted molar refractivity (Wildman–Crippen MR) is 101 cm³/mol. The molecule has 3 rings (SSSR count). The van der Waals surface area contributed by atoms with E-state index in [0.717, 1.165) is 5.69 Å². The molecule has 0 aliphatic rings. The average Bonchev–Trinajstić information content (AvgIpc) is 3.09. The van der Waals surface area contributed by atoms with Gasteiger partial charge in [-0.3, -0.25) is 4.79 Å². The van der Waals surface area contributed by atoms with Crippen LogP contribution in [0.3, 0.4) is 0 Å². The van der Waals surface area contributed by atoms with Crippen LogP contribution in [0, 0.1) is 0 Å². The van der Waals surface area contributed by atoms with Gasteiger partial charge in [-0.25, -0.2) is 14.6 Å². The van der Waals surface area contributed by atoms with Gasteiger partial charge in [0.2, 0.25) is 11.8 Å². The number of amides is 1. The van der Waals surface area contributed by atoms with Crippen molar-refractivity contribution >= 4 is 34.2 Å².